The maximum Gasteiger partial charge on any atom is 0.226 e. The van der Waals surface area contributed by atoms with Gasteiger partial charge in [-0.1, -0.05) is 6.42 Å². The number of hydrogen-bond donors (Lipinski definition) is 1. The minimum Gasteiger partial charge on any atom is -0.441 e. The first-order chi connectivity index (χ1) is 12.5. The predicted octanol–water partition coefficient (Wildman–Crippen LogP) is 3.32. The molecular formula is C20H26FN3O2. The second-order valence-electron chi connectivity index (χ2n) is 6.96. The van der Waals surface area contributed by atoms with Gasteiger partial charge in [0.2, 0.25) is 11.8 Å². The summed E-state index contributed by atoms with van der Waals surface area (Å²) in [4.78, 5) is 19.1. The van der Waals surface area contributed by atoms with Gasteiger partial charge < -0.3 is 9.73 Å². The number of amides is 1. The number of carbonyl (C=O) groups is 1. The molecule has 1 fully saturated rings. The van der Waals surface area contributed by atoms with Gasteiger partial charge in [0.1, 0.15) is 11.6 Å². The number of likely N-dealkylation sites (tertiary alicyclic amines) is 1. The van der Waals surface area contributed by atoms with Gasteiger partial charge in [-0.25, -0.2) is 9.37 Å². The van der Waals surface area contributed by atoms with E-state index in [0.717, 1.165) is 13.1 Å². The molecule has 1 atom stereocenters. The van der Waals surface area contributed by atoms with E-state index in [1.54, 1.807) is 19.1 Å². The van der Waals surface area contributed by atoms with Crippen molar-refractivity contribution in [2.75, 3.05) is 19.6 Å². The number of aryl methyl sites for hydroxylation is 1. The first-order valence-electron chi connectivity index (χ1n) is 9.26. The summed E-state index contributed by atoms with van der Waals surface area (Å²) in [6.07, 6.45) is 3.96. The van der Waals surface area contributed by atoms with Gasteiger partial charge in [-0.15, -0.1) is 0 Å². The van der Waals surface area contributed by atoms with Gasteiger partial charge in [0, 0.05) is 18.2 Å². The number of rotatable bonds is 6. The zero-order valence-corrected chi connectivity index (χ0v) is 15.4. The summed E-state index contributed by atoms with van der Waals surface area (Å²) in [5, 5.41) is 3.00. The Morgan fingerprint density at radius 2 is 1.96 bits per heavy atom. The highest BCUT2D eigenvalue weighted by Gasteiger charge is 2.18. The maximum absolute atomic E-state index is 13.0. The van der Waals surface area contributed by atoms with E-state index in [9.17, 15) is 9.18 Å². The Balaban J connectivity index is 1.55. The highest BCUT2D eigenvalue weighted by molar-refractivity contribution is 5.78. The van der Waals surface area contributed by atoms with E-state index in [1.165, 1.54) is 31.4 Å². The van der Waals surface area contributed by atoms with Crippen LogP contribution < -0.4 is 5.32 Å². The minimum atomic E-state index is -0.306. The minimum absolute atomic E-state index is 0.0593. The molecule has 1 unspecified atom stereocenters. The molecule has 1 saturated heterocycles. The lowest BCUT2D eigenvalue weighted by Gasteiger charge is -2.32. The van der Waals surface area contributed by atoms with Gasteiger partial charge in [0.05, 0.1) is 12.1 Å². The largest absolute Gasteiger partial charge is 0.441 e. The molecule has 1 aromatic carbocycles. The highest BCUT2D eigenvalue weighted by atomic mass is 19.1. The van der Waals surface area contributed by atoms with Gasteiger partial charge in [-0.3, -0.25) is 9.69 Å². The van der Waals surface area contributed by atoms with E-state index in [2.05, 4.69) is 22.1 Å². The zero-order valence-electron chi connectivity index (χ0n) is 15.4. The third-order valence-corrected chi connectivity index (χ3v) is 4.92. The summed E-state index contributed by atoms with van der Waals surface area (Å²) in [6, 6.07) is 6.30. The van der Waals surface area contributed by atoms with Crippen molar-refractivity contribution in [2.45, 2.75) is 45.6 Å². The Morgan fingerprint density at radius 1 is 1.27 bits per heavy atom. The Kier molecular flexibility index (Phi) is 6.04. The van der Waals surface area contributed by atoms with Gasteiger partial charge in [-0.05, 0) is 64.0 Å². The molecular weight excluding hydrogens is 333 g/mol. The fourth-order valence-corrected chi connectivity index (χ4v) is 3.27. The molecule has 2 aromatic rings. The van der Waals surface area contributed by atoms with E-state index in [0.29, 0.717) is 35.5 Å². The molecule has 140 valence electrons. The van der Waals surface area contributed by atoms with E-state index < -0.39 is 0 Å². The van der Waals surface area contributed by atoms with Crippen molar-refractivity contribution in [3.63, 3.8) is 0 Å². The number of piperidine rings is 1. The van der Waals surface area contributed by atoms with Gasteiger partial charge in [-0.2, -0.15) is 0 Å². The quantitative estimate of drug-likeness (QED) is 0.860. The molecule has 26 heavy (non-hydrogen) atoms. The van der Waals surface area contributed by atoms with Crippen molar-refractivity contribution < 1.29 is 13.6 Å². The monoisotopic (exact) mass is 359 g/mol. The topological polar surface area (TPSA) is 58.4 Å². The van der Waals surface area contributed by atoms with Crippen LogP contribution in [0.1, 0.15) is 37.6 Å². The second-order valence-corrected chi connectivity index (χ2v) is 6.96. The lowest BCUT2D eigenvalue weighted by Crippen LogP contribution is -2.44. The average Bonchev–Trinajstić information content (AvgIpc) is 3.01. The van der Waals surface area contributed by atoms with Crippen molar-refractivity contribution in [3.05, 3.63) is 41.5 Å². The molecule has 0 aliphatic carbocycles. The first-order valence-corrected chi connectivity index (χ1v) is 9.26. The molecule has 5 nitrogen and oxygen atoms in total. The molecule has 6 heteroatoms. The van der Waals surface area contributed by atoms with Gasteiger partial charge in [0.15, 0.2) is 0 Å². The van der Waals surface area contributed by atoms with Crippen LogP contribution in [0.25, 0.3) is 11.5 Å². The lowest BCUT2D eigenvalue weighted by molar-refractivity contribution is -0.120. The molecule has 0 radical (unpaired) electrons. The van der Waals surface area contributed by atoms with Crippen LogP contribution in [0.2, 0.25) is 0 Å². The van der Waals surface area contributed by atoms with Crippen molar-refractivity contribution in [1.82, 2.24) is 15.2 Å². The average molecular weight is 359 g/mol. The molecule has 1 aromatic heterocycles. The van der Waals surface area contributed by atoms with Crippen LogP contribution in [0.3, 0.4) is 0 Å². The van der Waals surface area contributed by atoms with Crippen molar-refractivity contribution in [2.24, 2.45) is 0 Å². The first kappa shape index (κ1) is 18.6. The summed E-state index contributed by atoms with van der Waals surface area (Å²) < 4.78 is 18.7. The van der Waals surface area contributed by atoms with E-state index in [4.69, 9.17) is 4.42 Å². The number of carbonyl (C=O) groups excluding carboxylic acids is 1. The molecule has 1 aliphatic rings. The summed E-state index contributed by atoms with van der Waals surface area (Å²) in [7, 11) is 0. The molecule has 0 spiro atoms. The van der Waals surface area contributed by atoms with Crippen LogP contribution >= 0.6 is 0 Å². The number of halogens is 1. The van der Waals surface area contributed by atoms with E-state index >= 15 is 0 Å². The molecule has 3 rings (SSSR count). The Bertz CT molecular complexity index is 736. The van der Waals surface area contributed by atoms with Crippen molar-refractivity contribution in [1.29, 1.82) is 0 Å². The van der Waals surface area contributed by atoms with Crippen LogP contribution in [0, 0.1) is 12.7 Å². The Labute approximate surface area is 153 Å². The Hall–Kier alpha value is -2.21. The Morgan fingerprint density at radius 3 is 2.65 bits per heavy atom. The van der Waals surface area contributed by atoms with Crippen LogP contribution in [0.5, 0.6) is 0 Å². The molecule has 1 N–H and O–H groups in total. The van der Waals surface area contributed by atoms with E-state index in [1.807, 2.05) is 0 Å². The number of benzene rings is 1. The fourth-order valence-electron chi connectivity index (χ4n) is 3.27. The second kappa shape index (κ2) is 8.45. The SMILES string of the molecule is Cc1oc(-c2ccc(F)cc2)nc1CC(=O)NCC(C)N1CCCCC1. The highest BCUT2D eigenvalue weighted by Crippen LogP contribution is 2.22. The number of aromatic nitrogens is 1. The molecule has 1 aliphatic heterocycles. The fraction of sp³-hybridized carbons (Fsp3) is 0.500. The third kappa shape index (κ3) is 4.69. The summed E-state index contributed by atoms with van der Waals surface area (Å²) >= 11 is 0. The predicted molar refractivity (Wildman–Crippen MR) is 98.2 cm³/mol. The molecule has 2 heterocycles. The summed E-state index contributed by atoms with van der Waals surface area (Å²) in [5.41, 5.74) is 1.31. The molecule has 0 bridgehead atoms. The standard InChI is InChI=1S/C20H26FN3O2/c1-14(24-10-4-3-5-11-24)13-22-19(25)12-18-15(2)26-20(23-18)16-6-8-17(21)9-7-16/h6-9,14H,3-5,10-13H2,1-2H3,(H,22,25). The smallest absolute Gasteiger partial charge is 0.226 e. The van der Waals surface area contributed by atoms with E-state index in [-0.39, 0.29) is 18.1 Å². The van der Waals surface area contributed by atoms with Crippen LogP contribution in [0.15, 0.2) is 28.7 Å². The number of hydrogen-bond acceptors (Lipinski definition) is 4. The van der Waals surface area contributed by atoms with Crippen LogP contribution in [-0.4, -0.2) is 41.5 Å². The van der Waals surface area contributed by atoms with Gasteiger partial charge >= 0.3 is 0 Å². The number of nitrogens with zero attached hydrogens (tertiary/aromatic N) is 2. The normalized spacial score (nSPS) is 16.4. The van der Waals surface area contributed by atoms with Crippen LogP contribution in [-0.2, 0) is 11.2 Å². The van der Waals surface area contributed by atoms with Crippen molar-refractivity contribution in [3.8, 4) is 11.5 Å². The van der Waals surface area contributed by atoms with Crippen molar-refractivity contribution >= 4 is 5.91 Å². The van der Waals surface area contributed by atoms with Crippen LogP contribution in [0.4, 0.5) is 4.39 Å². The van der Waals surface area contributed by atoms with Gasteiger partial charge in [0.25, 0.3) is 0 Å². The number of oxazole rings is 1. The molecule has 0 saturated carbocycles. The zero-order chi connectivity index (χ0) is 18.5. The third-order valence-electron chi connectivity index (χ3n) is 4.92. The lowest BCUT2D eigenvalue weighted by atomic mass is 10.1. The molecule has 1 amide bonds. The summed E-state index contributed by atoms with van der Waals surface area (Å²) in [5.74, 6) is 0.658. The maximum atomic E-state index is 13.0. The summed E-state index contributed by atoms with van der Waals surface area (Å²) in [6.45, 7) is 6.81. The number of nitrogens with one attached hydrogen (secondary N) is 1.